The van der Waals surface area contributed by atoms with Gasteiger partial charge in [0, 0.05) is 16.7 Å². The van der Waals surface area contributed by atoms with Crippen molar-refractivity contribution in [1.29, 1.82) is 5.26 Å². The zero-order chi connectivity index (χ0) is 32.0. The number of halogens is 1. The van der Waals surface area contributed by atoms with Crippen LogP contribution in [0.1, 0.15) is 39.7 Å². The molecule has 0 saturated heterocycles. The Morgan fingerprint density at radius 1 is 0.891 bits per heavy atom. The van der Waals surface area contributed by atoms with Gasteiger partial charge >= 0.3 is 5.97 Å². The van der Waals surface area contributed by atoms with E-state index in [9.17, 15) is 10.1 Å². The number of benzene rings is 5. The van der Waals surface area contributed by atoms with Crippen LogP contribution in [-0.2, 0) is 11.4 Å². The molecule has 1 heterocycles. The highest BCUT2D eigenvalue weighted by Gasteiger charge is 2.32. The van der Waals surface area contributed by atoms with E-state index in [1.807, 2.05) is 84.9 Å². The second-order valence-electron chi connectivity index (χ2n) is 10.6. The molecule has 0 bridgehead atoms. The lowest BCUT2D eigenvalue weighted by atomic mass is 9.83. The number of allylic oxidation sites excluding steroid dienone is 1. The van der Waals surface area contributed by atoms with Crippen LogP contribution in [0.4, 0.5) is 0 Å². The van der Waals surface area contributed by atoms with Gasteiger partial charge in [0.2, 0.25) is 5.88 Å². The van der Waals surface area contributed by atoms with E-state index >= 15 is 0 Å². The molecule has 228 valence electrons. The first-order chi connectivity index (χ1) is 22.4. The zero-order valence-corrected chi connectivity index (χ0v) is 25.6. The minimum absolute atomic E-state index is 0.0306. The summed E-state index contributed by atoms with van der Waals surface area (Å²) in [5.41, 5.74) is 10.5. The molecule has 1 unspecified atom stereocenters. The summed E-state index contributed by atoms with van der Waals surface area (Å²) in [5.74, 6) is 0.0448. The molecule has 1 aliphatic rings. The summed E-state index contributed by atoms with van der Waals surface area (Å²) in [6, 6.07) is 39.1. The first-order valence-corrected chi connectivity index (χ1v) is 14.9. The molecule has 5 aromatic rings. The van der Waals surface area contributed by atoms with Gasteiger partial charge < -0.3 is 24.7 Å². The number of nitrogens with zero attached hydrogens (tertiary/aromatic N) is 1. The highest BCUT2D eigenvalue weighted by Crippen LogP contribution is 2.45. The third-order valence-corrected chi connectivity index (χ3v) is 7.99. The van der Waals surface area contributed by atoms with Crippen molar-refractivity contribution in [2.24, 2.45) is 5.73 Å². The Balaban J connectivity index is 1.28. The molecule has 0 saturated carbocycles. The first-order valence-electron chi connectivity index (χ1n) is 14.5. The third kappa shape index (κ3) is 6.39. The van der Waals surface area contributed by atoms with Gasteiger partial charge in [0.25, 0.3) is 0 Å². The van der Waals surface area contributed by atoms with Gasteiger partial charge in [0.05, 0.1) is 13.0 Å². The number of rotatable bonds is 9. The van der Waals surface area contributed by atoms with Gasteiger partial charge in [0.1, 0.15) is 35.7 Å². The monoisotopic (exact) mass is 628 g/mol. The van der Waals surface area contributed by atoms with Gasteiger partial charge in [-0.15, -0.1) is 0 Å². The maximum absolute atomic E-state index is 13.6. The standard InChI is InChI=1S/C38H29ClN2O5/c1-43-34-20-27(14-19-32(34)44-23-24-12-15-28(39)16-13-24)36-30-18-17-29(21-33(30)46-37(41)31(36)22-40)45-38(42)35(25-8-4-2-5-9-25)26-10-6-3-7-11-26/h2-21,35-36H,23,41H2,1H3. The van der Waals surface area contributed by atoms with Crippen molar-refractivity contribution in [2.45, 2.75) is 18.4 Å². The van der Waals surface area contributed by atoms with E-state index in [0.29, 0.717) is 34.4 Å². The van der Waals surface area contributed by atoms with Crippen LogP contribution in [0.5, 0.6) is 23.0 Å². The molecule has 0 aromatic heterocycles. The summed E-state index contributed by atoms with van der Waals surface area (Å²) < 4.78 is 23.5. The molecule has 1 atom stereocenters. The Hall–Kier alpha value is -5.71. The third-order valence-electron chi connectivity index (χ3n) is 7.74. The zero-order valence-electron chi connectivity index (χ0n) is 24.9. The number of carbonyl (C=O) groups is 1. The average molecular weight is 629 g/mol. The van der Waals surface area contributed by atoms with E-state index in [1.54, 1.807) is 43.5 Å². The Bertz CT molecular complexity index is 1900. The molecule has 0 amide bonds. The van der Waals surface area contributed by atoms with E-state index in [1.165, 1.54) is 0 Å². The molecule has 0 aliphatic carbocycles. The molecule has 0 spiro atoms. The van der Waals surface area contributed by atoms with Crippen LogP contribution >= 0.6 is 11.6 Å². The first kappa shape index (κ1) is 30.3. The lowest BCUT2D eigenvalue weighted by Gasteiger charge is -2.27. The number of ether oxygens (including phenoxy) is 4. The van der Waals surface area contributed by atoms with Gasteiger partial charge in [-0.3, -0.25) is 4.79 Å². The maximum Gasteiger partial charge on any atom is 0.323 e. The minimum atomic E-state index is -0.629. The smallest absolute Gasteiger partial charge is 0.323 e. The van der Waals surface area contributed by atoms with Crippen molar-refractivity contribution in [1.82, 2.24) is 0 Å². The topological polar surface area (TPSA) is 104 Å². The lowest BCUT2D eigenvalue weighted by Crippen LogP contribution is -2.22. The van der Waals surface area contributed by atoms with Crippen LogP contribution in [0, 0.1) is 11.3 Å². The second kappa shape index (κ2) is 13.5. The van der Waals surface area contributed by atoms with Crippen LogP contribution < -0.4 is 24.7 Å². The normalized spacial score (nSPS) is 13.7. The lowest BCUT2D eigenvalue weighted by molar-refractivity contribution is -0.135. The fraction of sp³-hybridized carbons (Fsp3) is 0.105. The Morgan fingerprint density at radius 3 is 2.20 bits per heavy atom. The van der Waals surface area contributed by atoms with Crippen LogP contribution in [0.2, 0.25) is 5.02 Å². The van der Waals surface area contributed by atoms with E-state index < -0.39 is 17.8 Å². The SMILES string of the molecule is COc1cc(C2C(C#N)=C(N)Oc3cc(OC(=O)C(c4ccccc4)c4ccccc4)ccc32)ccc1OCc1ccc(Cl)cc1. The maximum atomic E-state index is 13.6. The minimum Gasteiger partial charge on any atom is -0.493 e. The molecule has 5 aromatic carbocycles. The number of methoxy groups -OCH3 is 1. The number of nitrogens with two attached hydrogens (primary N) is 1. The summed E-state index contributed by atoms with van der Waals surface area (Å²) in [7, 11) is 1.56. The van der Waals surface area contributed by atoms with Gasteiger partial charge in [-0.2, -0.15) is 5.26 Å². The van der Waals surface area contributed by atoms with E-state index in [-0.39, 0.29) is 17.2 Å². The van der Waals surface area contributed by atoms with Crippen molar-refractivity contribution in [3.05, 3.63) is 166 Å². The van der Waals surface area contributed by atoms with Crippen LogP contribution in [0.25, 0.3) is 0 Å². The Morgan fingerprint density at radius 2 is 1.57 bits per heavy atom. The highest BCUT2D eigenvalue weighted by atomic mass is 35.5. The number of hydrogen-bond acceptors (Lipinski definition) is 7. The summed E-state index contributed by atoms with van der Waals surface area (Å²) in [5, 5.41) is 10.7. The molecule has 7 nitrogen and oxygen atoms in total. The Kier molecular flexibility index (Phi) is 8.91. The van der Waals surface area contributed by atoms with Crippen molar-refractivity contribution in [2.75, 3.05) is 7.11 Å². The van der Waals surface area contributed by atoms with Crippen LogP contribution in [0.15, 0.2) is 133 Å². The summed E-state index contributed by atoms with van der Waals surface area (Å²) >= 11 is 6.00. The molecule has 6 rings (SSSR count). The largest absolute Gasteiger partial charge is 0.493 e. The Labute approximate surface area is 272 Å². The number of fused-ring (bicyclic) bond motifs is 1. The predicted octanol–water partition coefficient (Wildman–Crippen LogP) is 7.88. The fourth-order valence-corrected chi connectivity index (χ4v) is 5.62. The van der Waals surface area contributed by atoms with E-state index in [4.69, 9.17) is 36.3 Å². The number of hydrogen-bond donors (Lipinski definition) is 1. The van der Waals surface area contributed by atoms with Crippen molar-refractivity contribution < 1.29 is 23.7 Å². The van der Waals surface area contributed by atoms with Crippen molar-refractivity contribution in [3.63, 3.8) is 0 Å². The number of carbonyl (C=O) groups excluding carboxylic acids is 1. The number of esters is 1. The molecule has 2 N–H and O–H groups in total. The summed E-state index contributed by atoms with van der Waals surface area (Å²) in [6.07, 6.45) is 0. The number of nitriles is 1. The van der Waals surface area contributed by atoms with Gasteiger partial charge in [-0.25, -0.2) is 0 Å². The van der Waals surface area contributed by atoms with E-state index in [0.717, 1.165) is 22.3 Å². The molecule has 46 heavy (non-hydrogen) atoms. The molecular formula is C38H29ClN2O5. The van der Waals surface area contributed by atoms with Crippen LogP contribution in [0.3, 0.4) is 0 Å². The molecular weight excluding hydrogens is 600 g/mol. The van der Waals surface area contributed by atoms with Crippen LogP contribution in [-0.4, -0.2) is 13.1 Å². The summed E-state index contributed by atoms with van der Waals surface area (Å²) in [4.78, 5) is 13.6. The van der Waals surface area contributed by atoms with Crippen molar-refractivity contribution in [3.8, 4) is 29.1 Å². The van der Waals surface area contributed by atoms with Gasteiger partial charge in [0.15, 0.2) is 11.5 Å². The predicted molar refractivity (Wildman–Crippen MR) is 175 cm³/mol. The summed E-state index contributed by atoms with van der Waals surface area (Å²) in [6.45, 7) is 0.320. The van der Waals surface area contributed by atoms with Crippen molar-refractivity contribution >= 4 is 17.6 Å². The second-order valence-corrected chi connectivity index (χ2v) is 11.1. The average Bonchev–Trinajstić information content (AvgIpc) is 3.08. The molecule has 0 radical (unpaired) electrons. The van der Waals surface area contributed by atoms with Gasteiger partial charge in [-0.05, 0) is 52.6 Å². The quantitative estimate of drug-likeness (QED) is 0.131. The molecule has 0 fully saturated rings. The fourth-order valence-electron chi connectivity index (χ4n) is 5.50. The molecule has 8 heteroatoms. The van der Waals surface area contributed by atoms with E-state index in [2.05, 4.69) is 6.07 Å². The molecule has 1 aliphatic heterocycles. The van der Waals surface area contributed by atoms with Gasteiger partial charge in [-0.1, -0.05) is 96.5 Å². The highest BCUT2D eigenvalue weighted by molar-refractivity contribution is 6.30.